The van der Waals surface area contributed by atoms with Gasteiger partial charge in [-0.1, -0.05) is 12.1 Å². The van der Waals surface area contributed by atoms with Gasteiger partial charge in [-0.05, 0) is 19.1 Å². The molecule has 0 aliphatic carbocycles. The van der Waals surface area contributed by atoms with Crippen LogP contribution in [-0.2, 0) is 19.5 Å². The van der Waals surface area contributed by atoms with Crippen molar-refractivity contribution in [3.05, 3.63) is 48.8 Å². The number of aromatic nitrogens is 4. The average Bonchev–Trinajstić information content (AvgIpc) is 3.06. The van der Waals surface area contributed by atoms with Crippen molar-refractivity contribution in [2.75, 3.05) is 0 Å². The van der Waals surface area contributed by atoms with Crippen LogP contribution in [0.15, 0.2) is 43.0 Å². The normalized spacial score (nSPS) is 12.9. The van der Waals surface area contributed by atoms with Crippen LogP contribution >= 0.6 is 0 Å². The minimum Gasteiger partial charge on any atom is -0.335 e. The molecule has 3 rings (SSSR count). The molecule has 20 heavy (non-hydrogen) atoms. The van der Waals surface area contributed by atoms with E-state index in [9.17, 15) is 0 Å². The Morgan fingerprint density at radius 1 is 1.20 bits per heavy atom. The minimum absolute atomic E-state index is 0.0281. The first kappa shape index (κ1) is 12.9. The lowest BCUT2D eigenvalue weighted by Gasteiger charge is -2.13. The van der Waals surface area contributed by atoms with Crippen LogP contribution in [0, 0.1) is 0 Å². The van der Waals surface area contributed by atoms with Gasteiger partial charge in [0.15, 0.2) is 0 Å². The van der Waals surface area contributed by atoms with Crippen molar-refractivity contribution in [2.45, 2.75) is 32.5 Å². The maximum Gasteiger partial charge on any atom is 0.110 e. The quantitative estimate of drug-likeness (QED) is 0.768. The fourth-order valence-electron chi connectivity index (χ4n) is 2.53. The number of nitrogens with two attached hydrogens (primary N) is 1. The molecule has 1 atom stereocenters. The van der Waals surface area contributed by atoms with Gasteiger partial charge in [0.05, 0.1) is 17.4 Å². The zero-order chi connectivity index (χ0) is 13.9. The van der Waals surface area contributed by atoms with Crippen LogP contribution < -0.4 is 5.73 Å². The first-order valence-electron chi connectivity index (χ1n) is 6.93. The third-order valence-corrected chi connectivity index (χ3v) is 3.55. The van der Waals surface area contributed by atoms with Crippen molar-refractivity contribution in [1.82, 2.24) is 19.1 Å². The summed E-state index contributed by atoms with van der Waals surface area (Å²) >= 11 is 0. The highest BCUT2D eigenvalue weighted by Gasteiger charge is 2.11. The van der Waals surface area contributed by atoms with Crippen LogP contribution in [0.3, 0.4) is 0 Å². The lowest BCUT2D eigenvalue weighted by molar-refractivity contribution is 0.532. The molecule has 0 aliphatic rings. The molecule has 104 valence electrons. The molecule has 5 heteroatoms. The van der Waals surface area contributed by atoms with E-state index >= 15 is 0 Å². The maximum absolute atomic E-state index is 6.27. The molecule has 1 aromatic carbocycles. The van der Waals surface area contributed by atoms with Crippen LogP contribution in [0.1, 0.15) is 12.7 Å². The highest BCUT2D eigenvalue weighted by Crippen LogP contribution is 2.12. The number of benzene rings is 1. The SMILES string of the molecule is CCn1ccnc1CC(N)Cn1cnc2ccccc21. The Morgan fingerprint density at radius 2 is 2.05 bits per heavy atom. The predicted molar refractivity (Wildman–Crippen MR) is 79.3 cm³/mol. The molecule has 2 N–H and O–H groups in total. The van der Waals surface area contributed by atoms with Crippen molar-refractivity contribution in [1.29, 1.82) is 0 Å². The molecule has 0 amide bonds. The van der Waals surface area contributed by atoms with Crippen molar-refractivity contribution >= 4 is 11.0 Å². The van der Waals surface area contributed by atoms with Gasteiger partial charge in [0.1, 0.15) is 5.82 Å². The van der Waals surface area contributed by atoms with E-state index in [4.69, 9.17) is 5.73 Å². The van der Waals surface area contributed by atoms with Gasteiger partial charge in [-0.2, -0.15) is 0 Å². The highest BCUT2D eigenvalue weighted by molar-refractivity contribution is 5.74. The van der Waals surface area contributed by atoms with E-state index in [1.807, 2.05) is 36.9 Å². The second kappa shape index (κ2) is 5.46. The summed E-state index contributed by atoms with van der Waals surface area (Å²) in [6.07, 6.45) is 6.46. The lowest BCUT2D eigenvalue weighted by Crippen LogP contribution is -2.29. The third-order valence-electron chi connectivity index (χ3n) is 3.55. The molecule has 5 nitrogen and oxygen atoms in total. The number of fused-ring (bicyclic) bond motifs is 1. The molecule has 0 bridgehead atoms. The molecule has 0 fully saturated rings. The van der Waals surface area contributed by atoms with E-state index in [1.165, 1.54) is 0 Å². The van der Waals surface area contributed by atoms with Gasteiger partial charge in [-0.3, -0.25) is 0 Å². The van der Waals surface area contributed by atoms with Crippen molar-refractivity contribution in [3.63, 3.8) is 0 Å². The van der Waals surface area contributed by atoms with E-state index < -0.39 is 0 Å². The Morgan fingerprint density at radius 3 is 2.90 bits per heavy atom. The van der Waals surface area contributed by atoms with Crippen molar-refractivity contribution < 1.29 is 0 Å². The van der Waals surface area contributed by atoms with Gasteiger partial charge in [-0.15, -0.1) is 0 Å². The largest absolute Gasteiger partial charge is 0.335 e. The smallest absolute Gasteiger partial charge is 0.110 e. The first-order valence-corrected chi connectivity index (χ1v) is 6.93. The summed E-state index contributed by atoms with van der Waals surface area (Å²) in [5.41, 5.74) is 8.40. The van der Waals surface area contributed by atoms with E-state index in [-0.39, 0.29) is 6.04 Å². The number of imidazole rings is 2. The number of rotatable bonds is 5. The number of nitrogens with zero attached hydrogens (tertiary/aromatic N) is 4. The highest BCUT2D eigenvalue weighted by atomic mass is 15.1. The zero-order valence-corrected chi connectivity index (χ0v) is 11.6. The summed E-state index contributed by atoms with van der Waals surface area (Å²) in [5.74, 6) is 1.05. The Kier molecular flexibility index (Phi) is 3.52. The van der Waals surface area contributed by atoms with Gasteiger partial charge < -0.3 is 14.9 Å². The average molecular weight is 269 g/mol. The van der Waals surface area contributed by atoms with Gasteiger partial charge >= 0.3 is 0 Å². The third kappa shape index (κ3) is 2.44. The van der Waals surface area contributed by atoms with Crippen LogP contribution in [0.5, 0.6) is 0 Å². The number of hydrogen-bond acceptors (Lipinski definition) is 3. The van der Waals surface area contributed by atoms with Crippen LogP contribution in [0.2, 0.25) is 0 Å². The number of hydrogen-bond donors (Lipinski definition) is 1. The summed E-state index contributed by atoms with van der Waals surface area (Å²) in [4.78, 5) is 8.77. The summed E-state index contributed by atoms with van der Waals surface area (Å²) < 4.78 is 4.24. The van der Waals surface area contributed by atoms with Gasteiger partial charge in [0.2, 0.25) is 0 Å². The van der Waals surface area contributed by atoms with Gasteiger partial charge in [0, 0.05) is 37.9 Å². The minimum atomic E-state index is 0.0281. The molecule has 0 saturated heterocycles. The molecular formula is C15H19N5. The van der Waals surface area contributed by atoms with Crippen LogP contribution in [-0.4, -0.2) is 25.1 Å². The number of para-hydroxylation sites is 2. The summed E-state index contributed by atoms with van der Waals surface area (Å²) in [5, 5.41) is 0. The second-order valence-corrected chi connectivity index (χ2v) is 4.98. The molecule has 1 unspecified atom stereocenters. The molecule has 2 heterocycles. The Labute approximate surface area is 118 Å². The van der Waals surface area contributed by atoms with Gasteiger partial charge in [-0.25, -0.2) is 9.97 Å². The lowest BCUT2D eigenvalue weighted by atomic mass is 10.2. The van der Waals surface area contributed by atoms with Gasteiger partial charge in [0.25, 0.3) is 0 Å². The molecule has 0 aliphatic heterocycles. The number of aryl methyl sites for hydroxylation is 1. The van der Waals surface area contributed by atoms with Crippen molar-refractivity contribution in [3.8, 4) is 0 Å². The standard InChI is InChI=1S/C15H19N5/c1-2-19-8-7-17-15(19)9-12(16)10-20-11-18-13-5-3-4-6-14(13)20/h3-8,11-12H,2,9-10,16H2,1H3. The molecule has 0 radical (unpaired) electrons. The predicted octanol–water partition coefficient (Wildman–Crippen LogP) is 1.82. The monoisotopic (exact) mass is 269 g/mol. The molecule has 0 saturated carbocycles. The second-order valence-electron chi connectivity index (χ2n) is 4.98. The Bertz CT molecular complexity index is 697. The fourth-order valence-corrected chi connectivity index (χ4v) is 2.53. The van der Waals surface area contributed by atoms with E-state index in [0.29, 0.717) is 0 Å². The fraction of sp³-hybridized carbons (Fsp3) is 0.333. The van der Waals surface area contributed by atoms with Crippen LogP contribution in [0.25, 0.3) is 11.0 Å². The Balaban J connectivity index is 1.74. The summed E-state index contributed by atoms with van der Waals surface area (Å²) in [6.45, 7) is 3.78. The van der Waals surface area contributed by atoms with Crippen LogP contribution in [0.4, 0.5) is 0 Å². The maximum atomic E-state index is 6.27. The van der Waals surface area contributed by atoms with Crippen molar-refractivity contribution in [2.24, 2.45) is 5.73 Å². The topological polar surface area (TPSA) is 61.7 Å². The van der Waals surface area contributed by atoms with E-state index in [2.05, 4.69) is 32.1 Å². The summed E-state index contributed by atoms with van der Waals surface area (Å²) in [6, 6.07) is 8.14. The molecular weight excluding hydrogens is 250 g/mol. The summed E-state index contributed by atoms with van der Waals surface area (Å²) in [7, 11) is 0. The Hall–Kier alpha value is -2.14. The van der Waals surface area contributed by atoms with E-state index in [1.54, 1.807) is 0 Å². The molecule has 2 aromatic heterocycles. The first-order chi connectivity index (χ1) is 9.78. The molecule has 3 aromatic rings. The zero-order valence-electron chi connectivity index (χ0n) is 11.6. The molecule has 0 spiro atoms. The van der Waals surface area contributed by atoms with E-state index in [0.717, 1.165) is 36.4 Å².